The van der Waals surface area contributed by atoms with Gasteiger partial charge in [-0.15, -0.1) is 0 Å². The van der Waals surface area contributed by atoms with Crippen LogP contribution in [0.1, 0.15) is 0 Å². The molecule has 2 heterocycles. The third-order valence-corrected chi connectivity index (χ3v) is 9.89. The zero-order valence-corrected chi connectivity index (χ0v) is 27.7. The monoisotopic (exact) mass is 653 g/mol. The Morgan fingerprint density at radius 3 is 1.67 bits per heavy atom. The van der Waals surface area contributed by atoms with E-state index in [1.54, 1.807) is 0 Å². The van der Waals surface area contributed by atoms with Gasteiger partial charge in [-0.1, -0.05) is 140 Å². The van der Waals surface area contributed by atoms with Crippen molar-refractivity contribution in [2.24, 2.45) is 0 Å². The van der Waals surface area contributed by atoms with E-state index in [4.69, 9.17) is 9.47 Å². The third kappa shape index (κ3) is 4.82. The Balaban J connectivity index is 1.27. The largest absolute Gasteiger partial charge is 0.456 e. The number of aromatic nitrogens is 1. The molecular formula is C48H31NO2. The quantitative estimate of drug-likeness (QED) is 0.189. The van der Waals surface area contributed by atoms with E-state index in [-0.39, 0.29) is 0 Å². The molecule has 51 heavy (non-hydrogen) atoms. The van der Waals surface area contributed by atoms with Gasteiger partial charge in [0, 0.05) is 44.3 Å². The molecule has 0 N–H and O–H groups in total. The third-order valence-electron chi connectivity index (χ3n) is 9.89. The summed E-state index contributed by atoms with van der Waals surface area (Å²) in [5.74, 6) is 3.09. The Bertz CT molecular complexity index is 2740. The van der Waals surface area contributed by atoms with Gasteiger partial charge in [-0.2, -0.15) is 0 Å². The van der Waals surface area contributed by atoms with Crippen LogP contribution in [0.5, 0.6) is 23.0 Å². The average Bonchev–Trinajstić information content (AvgIpc) is 3.54. The van der Waals surface area contributed by atoms with Gasteiger partial charge in [-0.3, -0.25) is 0 Å². The van der Waals surface area contributed by atoms with Crippen molar-refractivity contribution in [3.8, 4) is 73.2 Å². The molecule has 240 valence electrons. The van der Waals surface area contributed by atoms with Crippen molar-refractivity contribution in [3.05, 3.63) is 188 Å². The van der Waals surface area contributed by atoms with Crippen LogP contribution in [0.15, 0.2) is 188 Å². The minimum Gasteiger partial charge on any atom is -0.456 e. The average molecular weight is 654 g/mol. The summed E-state index contributed by atoms with van der Waals surface area (Å²) in [6, 6.07) is 65.7. The predicted octanol–water partition coefficient (Wildman–Crippen LogP) is 13.3. The second-order valence-electron chi connectivity index (χ2n) is 12.8. The Kier molecular flexibility index (Phi) is 6.81. The standard InChI is InChI=1S/C48H31NO2/c1-3-15-32(16-4-1)33-29-30-46-41(31-33)36-20-9-12-28-45(36)50-44-27-11-8-19-35(44)38-23-13-24-39(48(38)51-46)37-22-14-26-43-47(37)40-21-7-10-25-42(40)49(43)34-17-5-2-6-18-34/h1-31H. The molecule has 0 amide bonds. The normalized spacial score (nSPS) is 11.8. The first-order chi connectivity index (χ1) is 25.3. The SMILES string of the molecule is c1ccc(-c2ccc3c(c2)-c2ccccc2Oc2ccccc2-c2cccc(-c4cccc5c4c4ccccc4n5-c4ccccc4)c2O3)cc1. The van der Waals surface area contributed by atoms with Crippen molar-refractivity contribution in [3.63, 3.8) is 0 Å². The molecule has 0 saturated heterocycles. The lowest BCUT2D eigenvalue weighted by Crippen LogP contribution is -1.99. The molecular weight excluding hydrogens is 623 g/mol. The summed E-state index contributed by atoms with van der Waals surface area (Å²) in [5, 5.41) is 2.37. The zero-order chi connectivity index (χ0) is 33.7. The lowest BCUT2D eigenvalue weighted by atomic mass is 9.93. The Morgan fingerprint density at radius 1 is 0.333 bits per heavy atom. The number of hydrogen-bond acceptors (Lipinski definition) is 2. The molecule has 3 heteroatoms. The lowest BCUT2D eigenvalue weighted by molar-refractivity contribution is 0.473. The molecule has 0 unspecified atom stereocenters. The van der Waals surface area contributed by atoms with Crippen LogP contribution in [0.3, 0.4) is 0 Å². The molecule has 0 fully saturated rings. The highest BCUT2D eigenvalue weighted by Crippen LogP contribution is 2.51. The highest BCUT2D eigenvalue weighted by molar-refractivity contribution is 6.16. The summed E-state index contributed by atoms with van der Waals surface area (Å²) in [7, 11) is 0. The number of para-hydroxylation sites is 5. The molecule has 0 bridgehead atoms. The van der Waals surface area contributed by atoms with E-state index in [0.717, 1.165) is 84.2 Å². The minimum absolute atomic E-state index is 0.762. The molecule has 10 rings (SSSR count). The summed E-state index contributed by atoms with van der Waals surface area (Å²) >= 11 is 0. The van der Waals surface area contributed by atoms with Crippen LogP contribution in [0.25, 0.3) is 72.0 Å². The van der Waals surface area contributed by atoms with Gasteiger partial charge in [0.05, 0.1) is 11.0 Å². The molecule has 1 aromatic heterocycles. The summed E-state index contributed by atoms with van der Waals surface area (Å²) in [6.07, 6.45) is 0. The molecule has 1 aliphatic rings. The molecule has 0 atom stereocenters. The molecule has 1 aliphatic heterocycles. The summed E-state index contributed by atoms with van der Waals surface area (Å²) in [4.78, 5) is 0. The van der Waals surface area contributed by atoms with Crippen LogP contribution in [0.4, 0.5) is 0 Å². The highest BCUT2D eigenvalue weighted by Gasteiger charge is 2.25. The second-order valence-corrected chi connectivity index (χ2v) is 12.8. The molecule has 0 aliphatic carbocycles. The number of nitrogens with zero attached hydrogens (tertiary/aromatic N) is 1. The fraction of sp³-hybridized carbons (Fsp3) is 0. The van der Waals surface area contributed by atoms with Crippen LogP contribution in [0, 0.1) is 0 Å². The van der Waals surface area contributed by atoms with Gasteiger partial charge in [0.1, 0.15) is 23.0 Å². The lowest BCUT2D eigenvalue weighted by Gasteiger charge is -2.23. The highest BCUT2D eigenvalue weighted by atomic mass is 16.5. The van der Waals surface area contributed by atoms with Crippen molar-refractivity contribution < 1.29 is 9.47 Å². The van der Waals surface area contributed by atoms with E-state index in [0.29, 0.717) is 0 Å². The van der Waals surface area contributed by atoms with Crippen molar-refractivity contribution in [2.75, 3.05) is 0 Å². The number of ether oxygens (including phenoxy) is 2. The van der Waals surface area contributed by atoms with E-state index in [1.165, 1.54) is 10.8 Å². The van der Waals surface area contributed by atoms with Gasteiger partial charge in [0.15, 0.2) is 0 Å². The maximum atomic E-state index is 7.30. The zero-order valence-electron chi connectivity index (χ0n) is 27.7. The van der Waals surface area contributed by atoms with Crippen molar-refractivity contribution in [1.29, 1.82) is 0 Å². The summed E-state index contributed by atoms with van der Waals surface area (Å²) < 4.78 is 16.5. The van der Waals surface area contributed by atoms with Crippen LogP contribution in [0.2, 0.25) is 0 Å². The number of fused-ring (bicyclic) bond motifs is 9. The molecule has 9 aromatic rings. The van der Waals surface area contributed by atoms with Gasteiger partial charge in [0.25, 0.3) is 0 Å². The topological polar surface area (TPSA) is 23.4 Å². The minimum atomic E-state index is 0.762. The van der Waals surface area contributed by atoms with Gasteiger partial charge in [0.2, 0.25) is 0 Å². The molecule has 0 radical (unpaired) electrons. The summed E-state index contributed by atoms with van der Waals surface area (Å²) in [6.45, 7) is 0. The van der Waals surface area contributed by atoms with Crippen LogP contribution in [-0.2, 0) is 0 Å². The fourth-order valence-corrected chi connectivity index (χ4v) is 7.59. The van der Waals surface area contributed by atoms with E-state index in [2.05, 4.69) is 162 Å². The fourth-order valence-electron chi connectivity index (χ4n) is 7.59. The van der Waals surface area contributed by atoms with E-state index in [1.807, 2.05) is 30.3 Å². The maximum Gasteiger partial charge on any atom is 0.143 e. The molecule has 0 spiro atoms. The maximum absolute atomic E-state index is 7.30. The number of rotatable bonds is 3. The molecule has 8 aromatic carbocycles. The first kappa shape index (κ1) is 29.1. The smallest absolute Gasteiger partial charge is 0.143 e. The van der Waals surface area contributed by atoms with Gasteiger partial charge in [-0.05, 0) is 65.2 Å². The molecule has 3 nitrogen and oxygen atoms in total. The van der Waals surface area contributed by atoms with E-state index >= 15 is 0 Å². The number of benzene rings is 8. The number of hydrogen-bond donors (Lipinski definition) is 0. The van der Waals surface area contributed by atoms with Crippen LogP contribution in [-0.4, -0.2) is 4.57 Å². The van der Waals surface area contributed by atoms with Gasteiger partial charge >= 0.3 is 0 Å². The van der Waals surface area contributed by atoms with Crippen molar-refractivity contribution in [1.82, 2.24) is 4.57 Å². The first-order valence-corrected chi connectivity index (χ1v) is 17.3. The molecule has 0 saturated carbocycles. The summed E-state index contributed by atoms with van der Waals surface area (Å²) in [5.41, 5.74) is 11.7. The second kappa shape index (κ2) is 11.9. The van der Waals surface area contributed by atoms with Crippen molar-refractivity contribution in [2.45, 2.75) is 0 Å². The Hall–Kier alpha value is -6.84. The van der Waals surface area contributed by atoms with E-state index < -0.39 is 0 Å². The van der Waals surface area contributed by atoms with Crippen LogP contribution >= 0.6 is 0 Å². The van der Waals surface area contributed by atoms with Gasteiger partial charge in [-0.25, -0.2) is 0 Å². The predicted molar refractivity (Wildman–Crippen MR) is 209 cm³/mol. The Morgan fingerprint density at radius 2 is 0.882 bits per heavy atom. The van der Waals surface area contributed by atoms with Crippen molar-refractivity contribution >= 4 is 21.8 Å². The van der Waals surface area contributed by atoms with E-state index in [9.17, 15) is 0 Å². The van der Waals surface area contributed by atoms with Gasteiger partial charge < -0.3 is 14.0 Å². The Labute approximate surface area is 296 Å². The first-order valence-electron chi connectivity index (χ1n) is 17.3. The van der Waals surface area contributed by atoms with Crippen LogP contribution < -0.4 is 9.47 Å².